The van der Waals surface area contributed by atoms with Crippen LogP contribution in [0.15, 0.2) is 28.6 Å². The fraction of sp³-hybridized carbons (Fsp3) is 0.167. The summed E-state index contributed by atoms with van der Waals surface area (Å²) in [6, 6.07) is 6.74. The van der Waals surface area contributed by atoms with Crippen molar-refractivity contribution in [2.45, 2.75) is 11.3 Å². The Hall–Kier alpha value is -1.44. The van der Waals surface area contributed by atoms with Gasteiger partial charge in [-0.1, -0.05) is 34.7 Å². The van der Waals surface area contributed by atoms with E-state index in [0.29, 0.717) is 20.1 Å². The Kier molecular flexibility index (Phi) is 5.11. The zero-order valence-corrected chi connectivity index (χ0v) is 12.8. The molecule has 1 N–H and O–H groups in total. The molecule has 1 amide bonds. The molecule has 0 fully saturated rings. The number of ketones is 1. The molecule has 0 unspecified atom stereocenters. The molecule has 0 atom stereocenters. The Labute approximate surface area is 128 Å². The van der Waals surface area contributed by atoms with E-state index in [1.54, 1.807) is 24.3 Å². The molecule has 0 spiro atoms. The van der Waals surface area contributed by atoms with E-state index in [1.165, 1.54) is 30.0 Å². The molecule has 0 saturated heterocycles. The SMILES string of the molecule is CC(=O)Nc1nnc(SCC(=O)c2ccc(Cl)cc2)s1. The molecule has 1 heterocycles. The second kappa shape index (κ2) is 6.83. The van der Waals surface area contributed by atoms with Crippen molar-refractivity contribution in [2.24, 2.45) is 0 Å². The van der Waals surface area contributed by atoms with Crippen LogP contribution in [-0.4, -0.2) is 27.6 Å². The van der Waals surface area contributed by atoms with Crippen LogP contribution in [0.2, 0.25) is 5.02 Å². The van der Waals surface area contributed by atoms with Crippen molar-refractivity contribution in [3.8, 4) is 0 Å². The van der Waals surface area contributed by atoms with E-state index in [-0.39, 0.29) is 17.4 Å². The predicted octanol–water partition coefficient (Wildman–Crippen LogP) is 3.12. The van der Waals surface area contributed by atoms with Crippen molar-refractivity contribution in [1.82, 2.24) is 10.2 Å². The van der Waals surface area contributed by atoms with Crippen LogP contribution >= 0.6 is 34.7 Å². The molecule has 0 bridgehead atoms. The number of amides is 1. The first-order chi connectivity index (χ1) is 9.54. The number of Topliss-reactive ketones (excluding diaryl/α,β-unsaturated/α-hetero) is 1. The Morgan fingerprint density at radius 3 is 2.65 bits per heavy atom. The van der Waals surface area contributed by atoms with Crippen LogP contribution in [0.1, 0.15) is 17.3 Å². The van der Waals surface area contributed by atoms with E-state index in [4.69, 9.17) is 11.6 Å². The number of carbonyl (C=O) groups is 2. The van der Waals surface area contributed by atoms with Gasteiger partial charge in [-0.25, -0.2) is 0 Å². The summed E-state index contributed by atoms with van der Waals surface area (Å²) in [6.45, 7) is 1.40. The Balaban J connectivity index is 1.91. The van der Waals surface area contributed by atoms with Crippen LogP contribution < -0.4 is 5.32 Å². The molecule has 2 rings (SSSR count). The maximum atomic E-state index is 11.9. The molecule has 1 aromatic heterocycles. The molecule has 0 aliphatic rings. The van der Waals surface area contributed by atoms with Gasteiger partial charge in [0.25, 0.3) is 0 Å². The van der Waals surface area contributed by atoms with Crippen molar-refractivity contribution in [3.05, 3.63) is 34.9 Å². The highest BCUT2D eigenvalue weighted by Gasteiger charge is 2.10. The van der Waals surface area contributed by atoms with Crippen molar-refractivity contribution in [2.75, 3.05) is 11.1 Å². The topological polar surface area (TPSA) is 72.0 Å². The minimum Gasteiger partial charge on any atom is -0.301 e. The standard InChI is InChI=1S/C12H10ClN3O2S2/c1-7(17)14-11-15-16-12(20-11)19-6-10(18)8-2-4-9(13)5-3-8/h2-5H,6H2,1H3,(H,14,15,17). The molecule has 2 aromatic rings. The van der Waals surface area contributed by atoms with Gasteiger partial charge < -0.3 is 5.32 Å². The molecule has 5 nitrogen and oxygen atoms in total. The summed E-state index contributed by atoms with van der Waals surface area (Å²) >= 11 is 8.29. The number of rotatable bonds is 5. The number of carbonyl (C=O) groups excluding carboxylic acids is 2. The van der Waals surface area contributed by atoms with Crippen molar-refractivity contribution in [1.29, 1.82) is 0 Å². The predicted molar refractivity (Wildman–Crippen MR) is 80.7 cm³/mol. The molecular weight excluding hydrogens is 318 g/mol. The number of nitrogens with one attached hydrogen (secondary N) is 1. The zero-order chi connectivity index (χ0) is 14.5. The number of halogens is 1. The van der Waals surface area contributed by atoms with Crippen LogP contribution in [0.3, 0.4) is 0 Å². The van der Waals surface area contributed by atoms with Gasteiger partial charge in [0.1, 0.15) is 0 Å². The van der Waals surface area contributed by atoms with Gasteiger partial charge in [0, 0.05) is 17.5 Å². The van der Waals surface area contributed by atoms with Gasteiger partial charge >= 0.3 is 0 Å². The van der Waals surface area contributed by atoms with Crippen LogP contribution in [0.25, 0.3) is 0 Å². The Morgan fingerprint density at radius 1 is 1.30 bits per heavy atom. The van der Waals surface area contributed by atoms with Crippen molar-refractivity contribution >= 4 is 51.5 Å². The highest BCUT2D eigenvalue weighted by atomic mass is 35.5. The molecule has 0 aliphatic carbocycles. The fourth-order valence-corrected chi connectivity index (χ4v) is 3.13. The monoisotopic (exact) mass is 327 g/mol. The lowest BCUT2D eigenvalue weighted by molar-refractivity contribution is -0.114. The van der Waals surface area contributed by atoms with Crippen LogP contribution in [0, 0.1) is 0 Å². The number of anilines is 1. The largest absolute Gasteiger partial charge is 0.301 e. The lowest BCUT2D eigenvalue weighted by Gasteiger charge is -1.99. The van der Waals surface area contributed by atoms with Gasteiger partial charge in [-0.15, -0.1) is 10.2 Å². The average Bonchev–Trinajstić information content (AvgIpc) is 2.83. The van der Waals surface area contributed by atoms with E-state index < -0.39 is 0 Å². The number of thioether (sulfide) groups is 1. The Bertz CT molecular complexity index is 628. The summed E-state index contributed by atoms with van der Waals surface area (Å²) in [5.74, 6) is 0.0500. The lowest BCUT2D eigenvalue weighted by Crippen LogP contribution is -2.04. The molecule has 104 valence electrons. The third kappa shape index (κ3) is 4.29. The molecule has 20 heavy (non-hydrogen) atoms. The molecule has 0 aliphatic heterocycles. The number of benzene rings is 1. The minimum absolute atomic E-state index is 0.0112. The smallest absolute Gasteiger partial charge is 0.223 e. The first-order valence-corrected chi connectivity index (χ1v) is 7.75. The zero-order valence-electron chi connectivity index (χ0n) is 10.4. The lowest BCUT2D eigenvalue weighted by atomic mass is 10.1. The number of nitrogens with zero attached hydrogens (tertiary/aromatic N) is 2. The summed E-state index contributed by atoms with van der Waals surface area (Å²) in [6.07, 6.45) is 0. The summed E-state index contributed by atoms with van der Waals surface area (Å²) in [5.41, 5.74) is 0.605. The second-order valence-electron chi connectivity index (χ2n) is 3.77. The third-order valence-electron chi connectivity index (χ3n) is 2.18. The maximum Gasteiger partial charge on any atom is 0.223 e. The van der Waals surface area contributed by atoms with Crippen molar-refractivity contribution < 1.29 is 9.59 Å². The van der Waals surface area contributed by atoms with E-state index in [1.807, 2.05) is 0 Å². The van der Waals surface area contributed by atoms with Crippen LogP contribution in [0.4, 0.5) is 5.13 Å². The van der Waals surface area contributed by atoms with Gasteiger partial charge in [-0.05, 0) is 24.3 Å². The van der Waals surface area contributed by atoms with E-state index in [9.17, 15) is 9.59 Å². The molecule has 1 aromatic carbocycles. The molecule has 0 saturated carbocycles. The number of hydrogen-bond donors (Lipinski definition) is 1. The first kappa shape index (κ1) is 15.0. The summed E-state index contributed by atoms with van der Waals surface area (Å²) in [5, 5.41) is 11.3. The first-order valence-electron chi connectivity index (χ1n) is 5.57. The van der Waals surface area contributed by atoms with Crippen LogP contribution in [0.5, 0.6) is 0 Å². The quantitative estimate of drug-likeness (QED) is 0.519. The Morgan fingerprint density at radius 2 is 2.00 bits per heavy atom. The highest BCUT2D eigenvalue weighted by Crippen LogP contribution is 2.26. The maximum absolute atomic E-state index is 11.9. The average molecular weight is 328 g/mol. The molecular formula is C12H10ClN3O2S2. The van der Waals surface area contributed by atoms with Gasteiger partial charge in [0.05, 0.1) is 5.75 Å². The number of aromatic nitrogens is 2. The molecule has 8 heteroatoms. The van der Waals surface area contributed by atoms with Gasteiger partial charge in [0.2, 0.25) is 11.0 Å². The van der Waals surface area contributed by atoms with E-state index in [2.05, 4.69) is 15.5 Å². The van der Waals surface area contributed by atoms with Gasteiger partial charge in [-0.2, -0.15) is 0 Å². The second-order valence-corrected chi connectivity index (χ2v) is 6.41. The van der Waals surface area contributed by atoms with E-state index in [0.717, 1.165) is 0 Å². The molecule has 0 radical (unpaired) electrons. The summed E-state index contributed by atoms with van der Waals surface area (Å²) in [4.78, 5) is 22.8. The highest BCUT2D eigenvalue weighted by molar-refractivity contribution is 8.01. The third-order valence-corrected chi connectivity index (χ3v) is 4.41. The summed E-state index contributed by atoms with van der Waals surface area (Å²) in [7, 11) is 0. The minimum atomic E-state index is -0.199. The van der Waals surface area contributed by atoms with Crippen LogP contribution in [-0.2, 0) is 4.79 Å². The summed E-state index contributed by atoms with van der Waals surface area (Å²) < 4.78 is 0.635. The van der Waals surface area contributed by atoms with Gasteiger partial charge in [0.15, 0.2) is 10.1 Å². The van der Waals surface area contributed by atoms with E-state index >= 15 is 0 Å². The number of hydrogen-bond acceptors (Lipinski definition) is 6. The van der Waals surface area contributed by atoms with Crippen molar-refractivity contribution in [3.63, 3.8) is 0 Å². The van der Waals surface area contributed by atoms with Gasteiger partial charge in [-0.3, -0.25) is 9.59 Å². The normalized spacial score (nSPS) is 10.3. The fourth-order valence-electron chi connectivity index (χ4n) is 1.32.